The summed E-state index contributed by atoms with van der Waals surface area (Å²) in [6.45, 7) is 4.05. The highest BCUT2D eigenvalue weighted by Gasteiger charge is 2.05. The van der Waals surface area contributed by atoms with Gasteiger partial charge in [0.2, 0.25) is 0 Å². The summed E-state index contributed by atoms with van der Waals surface area (Å²) in [5.74, 6) is -0.292. The van der Waals surface area contributed by atoms with Crippen molar-refractivity contribution in [1.29, 1.82) is 0 Å². The second kappa shape index (κ2) is 8.41. The van der Waals surface area contributed by atoms with Gasteiger partial charge in [-0.25, -0.2) is 4.98 Å². The molecule has 1 aromatic rings. The Morgan fingerprint density at radius 2 is 2.22 bits per heavy atom. The molecule has 0 aromatic carbocycles. The van der Waals surface area contributed by atoms with Crippen LogP contribution in [0.5, 0.6) is 0 Å². The Morgan fingerprint density at radius 3 is 2.89 bits per heavy atom. The van der Waals surface area contributed by atoms with Crippen LogP contribution in [0.15, 0.2) is 17.2 Å². The predicted octanol–water partition coefficient (Wildman–Crippen LogP) is 0.707. The molecule has 0 unspecified atom stereocenters. The third-order valence-corrected chi connectivity index (χ3v) is 2.30. The zero-order valence-electron chi connectivity index (χ0n) is 10.6. The summed E-state index contributed by atoms with van der Waals surface area (Å²) < 4.78 is 5.36. The molecule has 0 aliphatic rings. The zero-order valence-corrected chi connectivity index (χ0v) is 10.6. The Morgan fingerprint density at radius 1 is 1.44 bits per heavy atom. The van der Waals surface area contributed by atoms with E-state index in [1.807, 2.05) is 0 Å². The quantitative estimate of drug-likeness (QED) is 0.668. The number of nitrogens with one attached hydrogen (secondary N) is 2. The van der Waals surface area contributed by atoms with Gasteiger partial charge in [-0.3, -0.25) is 9.59 Å². The van der Waals surface area contributed by atoms with Gasteiger partial charge in [0.1, 0.15) is 5.69 Å². The molecular weight excluding hydrogens is 234 g/mol. The standard InChI is InChI=1S/C12H19N3O3/c1-2-3-6-18-7-4-5-13-12(17)10-8-15-11(16)9-14-10/h8-9H,2-7H2,1H3,(H,13,17)(H,15,16). The molecule has 2 N–H and O–H groups in total. The first-order valence-corrected chi connectivity index (χ1v) is 6.14. The molecule has 0 saturated heterocycles. The molecule has 0 aliphatic heterocycles. The molecule has 1 amide bonds. The largest absolute Gasteiger partial charge is 0.381 e. The van der Waals surface area contributed by atoms with Crippen molar-refractivity contribution >= 4 is 5.91 Å². The Bertz CT molecular complexity index is 397. The van der Waals surface area contributed by atoms with Crippen molar-refractivity contribution in [2.24, 2.45) is 0 Å². The molecule has 6 nitrogen and oxygen atoms in total. The minimum absolute atomic E-state index is 0.210. The van der Waals surface area contributed by atoms with Gasteiger partial charge in [0.15, 0.2) is 0 Å². The normalized spacial score (nSPS) is 10.3. The van der Waals surface area contributed by atoms with Crippen LogP contribution in [0.3, 0.4) is 0 Å². The number of carbonyl (C=O) groups is 1. The summed E-state index contributed by atoms with van der Waals surface area (Å²) in [6.07, 6.45) is 5.33. The van der Waals surface area contributed by atoms with Gasteiger partial charge in [-0.2, -0.15) is 0 Å². The van der Waals surface area contributed by atoms with Crippen LogP contribution in [0.2, 0.25) is 0 Å². The number of aromatic nitrogens is 2. The van der Waals surface area contributed by atoms with Gasteiger partial charge in [0, 0.05) is 26.0 Å². The lowest BCUT2D eigenvalue weighted by Gasteiger charge is -2.05. The Labute approximate surface area is 106 Å². The highest BCUT2D eigenvalue weighted by atomic mass is 16.5. The first-order valence-electron chi connectivity index (χ1n) is 6.14. The van der Waals surface area contributed by atoms with Crippen molar-refractivity contribution in [3.8, 4) is 0 Å². The molecule has 1 aromatic heterocycles. The summed E-state index contributed by atoms with van der Waals surface area (Å²) >= 11 is 0. The molecular formula is C12H19N3O3. The van der Waals surface area contributed by atoms with Crippen LogP contribution in [-0.4, -0.2) is 35.6 Å². The van der Waals surface area contributed by atoms with Crippen LogP contribution in [0.1, 0.15) is 36.7 Å². The minimum atomic E-state index is -0.323. The molecule has 0 aliphatic carbocycles. The van der Waals surface area contributed by atoms with Crippen molar-refractivity contribution in [3.63, 3.8) is 0 Å². The monoisotopic (exact) mass is 253 g/mol. The number of carbonyl (C=O) groups excluding carboxylic acids is 1. The molecule has 0 saturated carbocycles. The van der Waals surface area contributed by atoms with Gasteiger partial charge in [-0.05, 0) is 12.8 Å². The lowest BCUT2D eigenvalue weighted by atomic mass is 10.3. The van der Waals surface area contributed by atoms with E-state index in [2.05, 4.69) is 22.2 Å². The molecule has 1 rings (SSSR count). The maximum atomic E-state index is 11.6. The fourth-order valence-corrected chi connectivity index (χ4v) is 1.28. The molecule has 0 bridgehead atoms. The summed E-state index contributed by atoms with van der Waals surface area (Å²) in [7, 11) is 0. The fourth-order valence-electron chi connectivity index (χ4n) is 1.28. The van der Waals surface area contributed by atoms with E-state index in [1.165, 1.54) is 6.20 Å². The molecule has 0 spiro atoms. The average molecular weight is 253 g/mol. The predicted molar refractivity (Wildman–Crippen MR) is 67.5 cm³/mol. The van der Waals surface area contributed by atoms with Crippen molar-refractivity contribution in [3.05, 3.63) is 28.4 Å². The summed E-state index contributed by atoms with van der Waals surface area (Å²) in [6, 6.07) is 0. The number of H-pyrrole nitrogens is 1. The van der Waals surface area contributed by atoms with Crippen molar-refractivity contribution in [1.82, 2.24) is 15.3 Å². The van der Waals surface area contributed by atoms with Crippen LogP contribution < -0.4 is 10.9 Å². The average Bonchev–Trinajstić information content (AvgIpc) is 2.38. The summed E-state index contributed by atoms with van der Waals surface area (Å²) in [4.78, 5) is 28.5. The number of unbranched alkanes of at least 4 members (excludes halogenated alkanes) is 1. The van der Waals surface area contributed by atoms with Gasteiger partial charge in [0.05, 0.1) is 6.20 Å². The molecule has 0 fully saturated rings. The van der Waals surface area contributed by atoms with Crippen LogP contribution in [0.25, 0.3) is 0 Å². The number of hydrogen-bond acceptors (Lipinski definition) is 4. The van der Waals surface area contributed by atoms with Crippen molar-refractivity contribution in [2.75, 3.05) is 19.8 Å². The third-order valence-electron chi connectivity index (χ3n) is 2.30. The van der Waals surface area contributed by atoms with E-state index in [0.29, 0.717) is 13.2 Å². The van der Waals surface area contributed by atoms with Gasteiger partial charge in [0.25, 0.3) is 11.5 Å². The summed E-state index contributed by atoms with van der Waals surface area (Å²) in [5, 5.41) is 2.71. The first kappa shape index (κ1) is 14.4. The van der Waals surface area contributed by atoms with Crippen LogP contribution >= 0.6 is 0 Å². The van der Waals surface area contributed by atoms with E-state index in [-0.39, 0.29) is 17.2 Å². The van der Waals surface area contributed by atoms with Gasteiger partial charge in [-0.15, -0.1) is 0 Å². The minimum Gasteiger partial charge on any atom is -0.381 e. The van der Waals surface area contributed by atoms with Crippen molar-refractivity contribution < 1.29 is 9.53 Å². The molecule has 1 heterocycles. The molecule has 100 valence electrons. The van der Waals surface area contributed by atoms with E-state index >= 15 is 0 Å². The van der Waals surface area contributed by atoms with E-state index in [4.69, 9.17) is 4.74 Å². The van der Waals surface area contributed by atoms with Gasteiger partial charge >= 0.3 is 0 Å². The topological polar surface area (TPSA) is 84.1 Å². The van der Waals surface area contributed by atoms with Crippen LogP contribution in [0.4, 0.5) is 0 Å². The van der Waals surface area contributed by atoms with Crippen molar-refractivity contribution in [2.45, 2.75) is 26.2 Å². The van der Waals surface area contributed by atoms with E-state index in [0.717, 1.165) is 32.1 Å². The number of nitrogens with zero attached hydrogens (tertiary/aromatic N) is 1. The smallest absolute Gasteiger partial charge is 0.271 e. The molecule has 18 heavy (non-hydrogen) atoms. The molecule has 0 atom stereocenters. The molecule has 6 heteroatoms. The van der Waals surface area contributed by atoms with E-state index < -0.39 is 0 Å². The molecule has 0 radical (unpaired) electrons. The maximum Gasteiger partial charge on any atom is 0.271 e. The van der Waals surface area contributed by atoms with E-state index in [1.54, 1.807) is 0 Å². The van der Waals surface area contributed by atoms with Crippen LogP contribution in [0, 0.1) is 0 Å². The number of aromatic amines is 1. The van der Waals surface area contributed by atoms with Gasteiger partial charge in [-0.1, -0.05) is 13.3 Å². The zero-order chi connectivity index (χ0) is 13.2. The fraction of sp³-hybridized carbons (Fsp3) is 0.583. The first-order chi connectivity index (χ1) is 8.74. The second-order valence-corrected chi connectivity index (χ2v) is 3.87. The summed E-state index contributed by atoms with van der Waals surface area (Å²) in [5.41, 5.74) is -0.114. The van der Waals surface area contributed by atoms with E-state index in [9.17, 15) is 9.59 Å². The SMILES string of the molecule is CCCCOCCCNC(=O)c1c[nH]c(=O)cn1. The number of ether oxygens (including phenoxy) is 1. The van der Waals surface area contributed by atoms with Crippen LogP contribution in [-0.2, 0) is 4.74 Å². The Kier molecular flexibility index (Phi) is 6.71. The Hall–Kier alpha value is -1.69. The Balaban J connectivity index is 2.14. The second-order valence-electron chi connectivity index (χ2n) is 3.87. The highest BCUT2D eigenvalue weighted by Crippen LogP contribution is 1.90. The lowest BCUT2D eigenvalue weighted by molar-refractivity contribution is 0.0935. The number of rotatable bonds is 8. The number of hydrogen-bond donors (Lipinski definition) is 2. The lowest BCUT2D eigenvalue weighted by Crippen LogP contribution is -2.27. The van der Waals surface area contributed by atoms with Gasteiger partial charge < -0.3 is 15.0 Å². The maximum absolute atomic E-state index is 11.6. The third kappa shape index (κ3) is 5.58. The highest BCUT2D eigenvalue weighted by molar-refractivity contribution is 5.91. The number of amides is 1.